The van der Waals surface area contributed by atoms with Crippen LogP contribution in [0.3, 0.4) is 0 Å². The first kappa shape index (κ1) is 19.8. The van der Waals surface area contributed by atoms with Crippen LogP contribution in [-0.4, -0.2) is 41.3 Å². The van der Waals surface area contributed by atoms with Crippen molar-refractivity contribution in [3.8, 4) is 17.2 Å². The summed E-state index contributed by atoms with van der Waals surface area (Å²) in [5, 5.41) is 0. The Bertz CT molecular complexity index is 861. The Balaban J connectivity index is 1.69. The average Bonchev–Trinajstić information content (AvgIpc) is 2.83. The van der Waals surface area contributed by atoms with Gasteiger partial charge in [-0.25, -0.2) is 0 Å². The predicted molar refractivity (Wildman–Crippen MR) is 121 cm³/mol. The minimum absolute atomic E-state index is 0.751. The second-order valence-corrected chi connectivity index (χ2v) is 7.15. The highest BCUT2D eigenvalue weighted by Gasteiger charge is 2.25. The van der Waals surface area contributed by atoms with E-state index in [0.717, 1.165) is 54.3 Å². The minimum Gasteiger partial charge on any atom is -0.497 e. The molecule has 0 bridgehead atoms. The summed E-state index contributed by atoms with van der Waals surface area (Å²) in [6, 6.07) is 24.5. The number of rotatable bonds is 6. The van der Waals surface area contributed by atoms with Crippen molar-refractivity contribution in [1.29, 1.82) is 0 Å². The first-order chi connectivity index (χ1) is 14.7. The van der Waals surface area contributed by atoms with E-state index in [1.54, 1.807) is 21.3 Å². The second kappa shape index (κ2) is 8.86. The van der Waals surface area contributed by atoms with Crippen LogP contribution in [0.25, 0.3) is 0 Å². The lowest BCUT2D eigenvalue weighted by Crippen LogP contribution is -2.55. The summed E-state index contributed by atoms with van der Waals surface area (Å²) in [5.74, 6) is 2.54. The first-order valence-electron chi connectivity index (χ1n) is 9.87. The number of anilines is 3. The lowest BCUT2D eigenvalue weighted by Gasteiger charge is -2.45. The van der Waals surface area contributed by atoms with Gasteiger partial charge in [0.1, 0.15) is 17.2 Å². The van der Waals surface area contributed by atoms with Crippen molar-refractivity contribution >= 4 is 17.1 Å². The molecular weight excluding hydrogens is 378 g/mol. The molecule has 6 nitrogen and oxygen atoms in total. The van der Waals surface area contributed by atoms with E-state index in [2.05, 4.69) is 51.1 Å². The van der Waals surface area contributed by atoms with Crippen molar-refractivity contribution in [2.45, 2.75) is 0 Å². The fourth-order valence-corrected chi connectivity index (χ4v) is 3.66. The molecule has 0 spiro atoms. The van der Waals surface area contributed by atoms with E-state index in [0.29, 0.717) is 0 Å². The maximum Gasteiger partial charge on any atom is 0.120 e. The standard InChI is InChI=1S/C24H27N3O3/c1-28-22-10-4-7-19(13-22)25-16-26(20-8-5-11-23(14-20)29-2)18-27(17-25)21-9-6-12-24(15-21)30-3/h4-15H,16-18H2,1-3H3. The van der Waals surface area contributed by atoms with Crippen LogP contribution < -0.4 is 28.9 Å². The molecule has 0 aliphatic carbocycles. The number of benzene rings is 3. The van der Waals surface area contributed by atoms with Crippen LogP contribution in [0.2, 0.25) is 0 Å². The normalized spacial score (nSPS) is 13.9. The van der Waals surface area contributed by atoms with E-state index >= 15 is 0 Å². The molecule has 0 aromatic heterocycles. The Labute approximate surface area is 177 Å². The quantitative estimate of drug-likeness (QED) is 0.604. The Hall–Kier alpha value is -3.54. The highest BCUT2D eigenvalue weighted by molar-refractivity contribution is 5.61. The highest BCUT2D eigenvalue weighted by atomic mass is 16.5. The molecule has 30 heavy (non-hydrogen) atoms. The number of hydrogen-bond acceptors (Lipinski definition) is 6. The van der Waals surface area contributed by atoms with Crippen LogP contribution in [0.4, 0.5) is 17.1 Å². The van der Waals surface area contributed by atoms with E-state index in [-0.39, 0.29) is 0 Å². The highest BCUT2D eigenvalue weighted by Crippen LogP contribution is 2.30. The van der Waals surface area contributed by atoms with Crippen molar-refractivity contribution in [1.82, 2.24) is 0 Å². The van der Waals surface area contributed by atoms with Crippen LogP contribution in [0.1, 0.15) is 0 Å². The zero-order valence-electron chi connectivity index (χ0n) is 17.6. The zero-order chi connectivity index (χ0) is 20.9. The number of hydrogen-bond donors (Lipinski definition) is 0. The third-order valence-electron chi connectivity index (χ3n) is 5.28. The van der Waals surface area contributed by atoms with Crippen LogP contribution >= 0.6 is 0 Å². The molecule has 1 heterocycles. The van der Waals surface area contributed by atoms with Crippen LogP contribution in [0.5, 0.6) is 17.2 Å². The molecule has 0 atom stereocenters. The van der Waals surface area contributed by atoms with Crippen molar-refractivity contribution in [3.63, 3.8) is 0 Å². The molecule has 156 valence electrons. The minimum atomic E-state index is 0.751. The largest absolute Gasteiger partial charge is 0.497 e. The molecule has 0 saturated carbocycles. The summed E-state index contributed by atoms with van der Waals surface area (Å²) in [6.45, 7) is 2.25. The number of nitrogens with zero attached hydrogens (tertiary/aromatic N) is 3. The van der Waals surface area contributed by atoms with Gasteiger partial charge in [-0.3, -0.25) is 0 Å². The number of ether oxygens (including phenoxy) is 3. The van der Waals surface area contributed by atoms with Crippen molar-refractivity contribution < 1.29 is 14.2 Å². The van der Waals surface area contributed by atoms with Gasteiger partial charge >= 0.3 is 0 Å². The molecule has 1 fully saturated rings. The first-order valence-corrected chi connectivity index (χ1v) is 9.87. The van der Waals surface area contributed by atoms with Crippen molar-refractivity contribution in [2.75, 3.05) is 56.0 Å². The molecule has 1 saturated heterocycles. The lowest BCUT2D eigenvalue weighted by atomic mass is 10.2. The fourth-order valence-electron chi connectivity index (χ4n) is 3.66. The van der Waals surface area contributed by atoms with Gasteiger partial charge in [0.2, 0.25) is 0 Å². The molecule has 0 N–H and O–H groups in total. The molecular formula is C24H27N3O3. The topological polar surface area (TPSA) is 37.4 Å². The van der Waals surface area contributed by atoms with E-state index in [1.807, 2.05) is 36.4 Å². The molecule has 3 aromatic carbocycles. The van der Waals surface area contributed by atoms with Crippen molar-refractivity contribution in [2.24, 2.45) is 0 Å². The predicted octanol–water partition coefficient (Wildman–Crippen LogP) is 4.42. The molecule has 1 aliphatic rings. The third kappa shape index (κ3) is 4.22. The Morgan fingerprint density at radius 3 is 1.07 bits per heavy atom. The fraction of sp³-hybridized carbons (Fsp3) is 0.250. The average molecular weight is 405 g/mol. The summed E-state index contributed by atoms with van der Waals surface area (Å²) < 4.78 is 16.3. The van der Waals surface area contributed by atoms with Crippen molar-refractivity contribution in [3.05, 3.63) is 72.8 Å². The Morgan fingerprint density at radius 2 is 0.800 bits per heavy atom. The van der Waals surface area contributed by atoms with Crippen LogP contribution in [0.15, 0.2) is 72.8 Å². The van der Waals surface area contributed by atoms with E-state index < -0.39 is 0 Å². The maximum absolute atomic E-state index is 5.44. The summed E-state index contributed by atoms with van der Waals surface area (Å²) in [7, 11) is 5.08. The van der Waals surface area contributed by atoms with E-state index in [4.69, 9.17) is 14.2 Å². The SMILES string of the molecule is COc1cccc(N2CN(c3cccc(OC)c3)CN(c3cccc(OC)c3)C2)c1. The monoisotopic (exact) mass is 405 g/mol. The molecule has 0 radical (unpaired) electrons. The smallest absolute Gasteiger partial charge is 0.120 e. The molecule has 3 aromatic rings. The summed E-state index contributed by atoms with van der Waals surface area (Å²) in [6.07, 6.45) is 0. The lowest BCUT2D eigenvalue weighted by molar-refractivity contribution is 0.414. The van der Waals surface area contributed by atoms with Gasteiger partial charge in [0.25, 0.3) is 0 Å². The van der Waals surface area contributed by atoms with Gasteiger partial charge in [0.15, 0.2) is 0 Å². The third-order valence-corrected chi connectivity index (χ3v) is 5.28. The van der Waals surface area contributed by atoms with Gasteiger partial charge in [-0.2, -0.15) is 0 Å². The van der Waals surface area contributed by atoms with Gasteiger partial charge in [0.05, 0.1) is 41.3 Å². The molecule has 1 aliphatic heterocycles. The van der Waals surface area contributed by atoms with Gasteiger partial charge < -0.3 is 28.9 Å². The Kier molecular flexibility index (Phi) is 5.84. The van der Waals surface area contributed by atoms with Crippen LogP contribution in [-0.2, 0) is 0 Å². The molecule has 0 unspecified atom stereocenters. The maximum atomic E-state index is 5.44. The van der Waals surface area contributed by atoms with E-state index in [9.17, 15) is 0 Å². The van der Waals surface area contributed by atoms with Gasteiger partial charge in [-0.05, 0) is 36.4 Å². The zero-order valence-corrected chi connectivity index (χ0v) is 17.6. The molecule has 4 rings (SSSR count). The molecule has 0 amide bonds. The molecule has 6 heteroatoms. The van der Waals surface area contributed by atoms with E-state index in [1.165, 1.54) is 0 Å². The van der Waals surface area contributed by atoms with Crippen LogP contribution in [0, 0.1) is 0 Å². The van der Waals surface area contributed by atoms with Gasteiger partial charge in [-0.15, -0.1) is 0 Å². The summed E-state index contributed by atoms with van der Waals surface area (Å²) in [5.41, 5.74) is 3.32. The summed E-state index contributed by atoms with van der Waals surface area (Å²) >= 11 is 0. The van der Waals surface area contributed by atoms with Gasteiger partial charge in [-0.1, -0.05) is 18.2 Å². The Morgan fingerprint density at radius 1 is 0.500 bits per heavy atom. The number of methoxy groups -OCH3 is 3. The second-order valence-electron chi connectivity index (χ2n) is 7.15. The summed E-state index contributed by atoms with van der Waals surface area (Å²) in [4.78, 5) is 6.97. The van der Waals surface area contributed by atoms with Gasteiger partial charge in [0, 0.05) is 35.3 Å².